The molecule has 4 rings (SSSR count). The second-order valence-electron chi connectivity index (χ2n) is 7.71. The van der Waals surface area contributed by atoms with Crippen LogP contribution < -0.4 is 4.90 Å². The van der Waals surface area contributed by atoms with Gasteiger partial charge in [0.2, 0.25) is 0 Å². The number of H-pyrrole nitrogens is 1. The predicted molar refractivity (Wildman–Crippen MR) is 127 cm³/mol. The number of aromatic amines is 1. The van der Waals surface area contributed by atoms with Crippen molar-refractivity contribution in [3.05, 3.63) is 64.8 Å². The zero-order valence-corrected chi connectivity index (χ0v) is 18.8. The van der Waals surface area contributed by atoms with Crippen LogP contribution in [0.5, 0.6) is 0 Å². The molecular weight excluding hydrogens is 382 g/mol. The molecular formula is C26H31N5. The lowest BCUT2D eigenvalue weighted by Gasteiger charge is -2.36. The van der Waals surface area contributed by atoms with Crippen LogP contribution in [0.3, 0.4) is 0 Å². The lowest BCUT2D eigenvalue weighted by atomic mass is 10.1. The third-order valence-electron chi connectivity index (χ3n) is 5.88. The molecule has 2 aromatic carbocycles. The molecule has 5 heteroatoms. The van der Waals surface area contributed by atoms with Crippen molar-refractivity contribution < 1.29 is 0 Å². The van der Waals surface area contributed by atoms with Gasteiger partial charge in [-0.25, -0.2) is 0 Å². The van der Waals surface area contributed by atoms with E-state index in [4.69, 9.17) is 5.26 Å². The fraction of sp³-hybridized carbons (Fsp3) is 0.385. The van der Waals surface area contributed by atoms with Crippen molar-refractivity contribution >= 4 is 16.6 Å². The van der Waals surface area contributed by atoms with Crippen LogP contribution in [-0.2, 0) is 6.42 Å². The van der Waals surface area contributed by atoms with E-state index in [-0.39, 0.29) is 0 Å². The molecule has 0 aliphatic carbocycles. The number of aromatic nitrogens is 1. The van der Waals surface area contributed by atoms with Gasteiger partial charge in [0.25, 0.3) is 0 Å². The molecule has 5 nitrogen and oxygen atoms in total. The molecule has 1 aliphatic heterocycles. The first kappa shape index (κ1) is 22.4. The highest BCUT2D eigenvalue weighted by molar-refractivity contribution is 5.86. The third-order valence-corrected chi connectivity index (χ3v) is 5.88. The second-order valence-corrected chi connectivity index (χ2v) is 7.71. The van der Waals surface area contributed by atoms with Gasteiger partial charge in [-0.15, -0.1) is 0 Å². The Morgan fingerprint density at radius 2 is 1.77 bits per heavy atom. The zero-order chi connectivity index (χ0) is 22.2. The maximum atomic E-state index is 9.48. The summed E-state index contributed by atoms with van der Waals surface area (Å²) in [4.78, 5) is 8.05. The van der Waals surface area contributed by atoms with Gasteiger partial charge in [-0.2, -0.15) is 10.5 Å². The standard InChI is InChI=1S/C24H25N5.C2H6/c1-18-4-2-6-24(22(18)16-26)29-12-10-28(11-13-29)9-3-5-19-7-8-21-20(15-25)17-27-23(21)14-19;1-2/h2,4,6-8,14,17,27H,3,5,9-13H2,1H3;1-2H3. The van der Waals surface area contributed by atoms with E-state index < -0.39 is 0 Å². The van der Waals surface area contributed by atoms with E-state index in [9.17, 15) is 5.26 Å². The molecule has 1 aromatic heterocycles. The number of anilines is 1. The van der Waals surface area contributed by atoms with Crippen molar-refractivity contribution in [3.63, 3.8) is 0 Å². The minimum absolute atomic E-state index is 0.706. The van der Waals surface area contributed by atoms with Gasteiger partial charge in [-0.3, -0.25) is 4.90 Å². The molecule has 1 N–H and O–H groups in total. The fourth-order valence-corrected chi connectivity index (χ4v) is 4.20. The number of benzene rings is 2. The quantitative estimate of drug-likeness (QED) is 0.639. The van der Waals surface area contributed by atoms with Crippen LogP contribution in [0.1, 0.15) is 42.5 Å². The molecule has 0 radical (unpaired) electrons. The number of rotatable bonds is 5. The van der Waals surface area contributed by atoms with Gasteiger partial charge >= 0.3 is 0 Å². The van der Waals surface area contributed by atoms with Crippen LogP contribution in [0.25, 0.3) is 10.9 Å². The molecule has 31 heavy (non-hydrogen) atoms. The summed E-state index contributed by atoms with van der Waals surface area (Å²) in [7, 11) is 0. The number of aryl methyl sites for hydroxylation is 2. The second kappa shape index (κ2) is 10.7. The van der Waals surface area contributed by atoms with E-state index in [0.717, 1.165) is 73.3 Å². The normalized spacial score (nSPS) is 13.9. The minimum atomic E-state index is 0.706. The largest absolute Gasteiger partial charge is 0.368 e. The van der Waals surface area contributed by atoms with Crippen molar-refractivity contribution in [1.82, 2.24) is 9.88 Å². The van der Waals surface area contributed by atoms with E-state index in [1.807, 2.05) is 39.0 Å². The highest BCUT2D eigenvalue weighted by Crippen LogP contribution is 2.24. The summed E-state index contributed by atoms with van der Waals surface area (Å²) < 4.78 is 0. The Kier molecular flexibility index (Phi) is 7.70. The zero-order valence-electron chi connectivity index (χ0n) is 18.8. The first-order chi connectivity index (χ1) is 15.2. The molecule has 1 saturated heterocycles. The number of hydrogen-bond acceptors (Lipinski definition) is 4. The number of fused-ring (bicyclic) bond motifs is 1. The average Bonchev–Trinajstić information content (AvgIpc) is 3.23. The van der Waals surface area contributed by atoms with Crippen LogP contribution in [-0.4, -0.2) is 42.6 Å². The topological polar surface area (TPSA) is 69.8 Å². The van der Waals surface area contributed by atoms with Gasteiger partial charge in [0.05, 0.1) is 16.8 Å². The van der Waals surface area contributed by atoms with Crippen molar-refractivity contribution in [2.24, 2.45) is 0 Å². The molecule has 0 atom stereocenters. The molecule has 0 unspecified atom stereocenters. The summed E-state index contributed by atoms with van der Waals surface area (Å²) in [5, 5.41) is 19.6. The number of nitrogens with one attached hydrogen (secondary N) is 1. The van der Waals surface area contributed by atoms with Gasteiger partial charge in [-0.1, -0.05) is 38.1 Å². The molecule has 0 amide bonds. The van der Waals surface area contributed by atoms with E-state index in [1.165, 1.54) is 5.56 Å². The van der Waals surface area contributed by atoms with Crippen molar-refractivity contribution in [3.8, 4) is 12.1 Å². The maximum absolute atomic E-state index is 9.48. The molecule has 0 saturated carbocycles. The van der Waals surface area contributed by atoms with Gasteiger partial charge in [0.15, 0.2) is 0 Å². The summed E-state index contributed by atoms with van der Waals surface area (Å²) in [5.74, 6) is 0. The van der Waals surface area contributed by atoms with Gasteiger partial charge in [0.1, 0.15) is 12.1 Å². The fourth-order valence-electron chi connectivity index (χ4n) is 4.20. The molecule has 160 valence electrons. The molecule has 0 spiro atoms. The smallest absolute Gasteiger partial charge is 0.102 e. The Hall–Kier alpha value is -3.28. The van der Waals surface area contributed by atoms with Crippen LogP contribution in [0, 0.1) is 29.6 Å². The first-order valence-electron chi connectivity index (χ1n) is 11.2. The highest BCUT2D eigenvalue weighted by Gasteiger charge is 2.19. The number of hydrogen-bond donors (Lipinski definition) is 1. The van der Waals surface area contributed by atoms with Crippen LogP contribution in [0.15, 0.2) is 42.6 Å². The lowest BCUT2D eigenvalue weighted by molar-refractivity contribution is 0.255. The summed E-state index contributed by atoms with van der Waals surface area (Å²) in [6, 6.07) is 17.0. The van der Waals surface area contributed by atoms with E-state index in [1.54, 1.807) is 6.20 Å². The maximum Gasteiger partial charge on any atom is 0.102 e. The highest BCUT2D eigenvalue weighted by atomic mass is 15.3. The minimum Gasteiger partial charge on any atom is -0.368 e. The Morgan fingerprint density at radius 3 is 2.48 bits per heavy atom. The Balaban J connectivity index is 0.00000132. The number of piperazine rings is 1. The summed E-state index contributed by atoms with van der Waals surface area (Å²) >= 11 is 0. The third kappa shape index (κ3) is 5.08. The monoisotopic (exact) mass is 413 g/mol. The summed E-state index contributed by atoms with van der Waals surface area (Å²) in [5.41, 5.74) is 5.98. The Labute approximate surface area is 185 Å². The van der Waals surface area contributed by atoms with Crippen LogP contribution in [0.2, 0.25) is 0 Å². The first-order valence-corrected chi connectivity index (χ1v) is 11.2. The number of nitrogens with zero attached hydrogens (tertiary/aromatic N) is 4. The molecule has 1 fully saturated rings. The van der Waals surface area contributed by atoms with Crippen molar-refractivity contribution in [1.29, 1.82) is 10.5 Å². The summed E-state index contributed by atoms with van der Waals surface area (Å²) in [6.45, 7) is 11.1. The van der Waals surface area contributed by atoms with Gasteiger partial charge in [-0.05, 0) is 49.6 Å². The van der Waals surface area contributed by atoms with E-state index in [0.29, 0.717) is 5.56 Å². The Morgan fingerprint density at radius 1 is 1.00 bits per heavy atom. The van der Waals surface area contributed by atoms with Crippen LogP contribution in [0.4, 0.5) is 5.69 Å². The predicted octanol–water partition coefficient (Wildman–Crippen LogP) is 5.00. The molecule has 3 aromatic rings. The van der Waals surface area contributed by atoms with E-state index in [2.05, 4.69) is 45.1 Å². The Bertz CT molecular complexity index is 1090. The van der Waals surface area contributed by atoms with Gasteiger partial charge < -0.3 is 9.88 Å². The van der Waals surface area contributed by atoms with Crippen molar-refractivity contribution in [2.75, 3.05) is 37.6 Å². The lowest BCUT2D eigenvalue weighted by Crippen LogP contribution is -2.47. The van der Waals surface area contributed by atoms with Crippen molar-refractivity contribution in [2.45, 2.75) is 33.6 Å². The van der Waals surface area contributed by atoms with Gasteiger partial charge in [0, 0.05) is 43.3 Å². The molecule has 2 heterocycles. The van der Waals surface area contributed by atoms with Crippen LogP contribution >= 0.6 is 0 Å². The number of nitriles is 2. The van der Waals surface area contributed by atoms with E-state index >= 15 is 0 Å². The average molecular weight is 414 g/mol. The SMILES string of the molecule is CC.Cc1cccc(N2CCN(CCCc3ccc4c(C#N)c[nH]c4c3)CC2)c1C#N. The molecule has 1 aliphatic rings. The summed E-state index contributed by atoms with van der Waals surface area (Å²) in [6.07, 6.45) is 3.93. The molecule has 0 bridgehead atoms.